The van der Waals surface area contributed by atoms with Gasteiger partial charge in [-0.05, 0) is 17.7 Å². The fraction of sp³-hybridized carbons (Fsp3) is 1.00. The third-order valence-corrected chi connectivity index (χ3v) is 7.10. The maximum atomic E-state index is 11.3. The van der Waals surface area contributed by atoms with E-state index in [4.69, 9.17) is 11.2 Å². The lowest BCUT2D eigenvalue weighted by Gasteiger charge is -2.05. The summed E-state index contributed by atoms with van der Waals surface area (Å²) in [5, 5.41) is 0. The third-order valence-electron chi connectivity index (χ3n) is 1.41. The van der Waals surface area contributed by atoms with E-state index in [9.17, 15) is 4.57 Å². The van der Waals surface area contributed by atoms with Crippen LogP contribution >= 0.6 is 28.3 Å². The van der Waals surface area contributed by atoms with Crippen molar-refractivity contribution in [3.8, 4) is 0 Å². The Labute approximate surface area is 78.2 Å². The van der Waals surface area contributed by atoms with E-state index in [1.807, 2.05) is 6.92 Å². The maximum Gasteiger partial charge on any atom is 0.221 e. The van der Waals surface area contributed by atoms with Gasteiger partial charge in [-0.25, -0.2) is 0 Å². The van der Waals surface area contributed by atoms with E-state index in [1.165, 1.54) is 24.2 Å². The first-order valence-electron chi connectivity index (χ1n) is 4.05. The third kappa shape index (κ3) is 7.24. The van der Waals surface area contributed by atoms with Crippen LogP contribution in [-0.4, -0.2) is 11.9 Å². The van der Waals surface area contributed by atoms with Gasteiger partial charge in [-0.1, -0.05) is 38.1 Å². The van der Waals surface area contributed by atoms with Gasteiger partial charge in [0.1, 0.15) is 0 Å². The van der Waals surface area contributed by atoms with Crippen LogP contribution in [0.2, 0.25) is 0 Å². The number of hydrogen-bond acceptors (Lipinski definition) is 2. The highest BCUT2D eigenvalue weighted by Gasteiger charge is 2.14. The molecule has 0 N–H and O–H groups in total. The summed E-state index contributed by atoms with van der Waals surface area (Å²) in [6, 6.07) is 0. The average molecular weight is 215 g/mol. The summed E-state index contributed by atoms with van der Waals surface area (Å²) in [7, 11) is 0. The van der Waals surface area contributed by atoms with E-state index >= 15 is 0 Å². The van der Waals surface area contributed by atoms with Crippen molar-refractivity contribution in [2.45, 2.75) is 33.1 Å². The van der Waals surface area contributed by atoms with Gasteiger partial charge < -0.3 is 0 Å². The second-order valence-electron chi connectivity index (χ2n) is 2.45. The fourth-order valence-electron chi connectivity index (χ4n) is 0.644. The summed E-state index contributed by atoms with van der Waals surface area (Å²) in [6.45, 7) is 4.03. The van der Waals surface area contributed by atoms with Crippen LogP contribution in [-0.2, 0) is 4.57 Å². The Morgan fingerprint density at radius 1 is 1.36 bits per heavy atom. The molecule has 0 aromatic rings. The van der Waals surface area contributed by atoms with E-state index in [0.717, 1.165) is 12.2 Å². The highest BCUT2D eigenvalue weighted by atomic mass is 35.7. The van der Waals surface area contributed by atoms with Gasteiger partial charge in [0, 0.05) is 11.9 Å². The molecule has 0 fully saturated rings. The lowest BCUT2D eigenvalue weighted by atomic mass is 10.3. The molecule has 0 radical (unpaired) electrons. The molecule has 0 aliphatic carbocycles. The SMILES string of the molecule is CCCCCSP(=O)(Cl)CC. The zero-order valence-electron chi connectivity index (χ0n) is 7.18. The van der Waals surface area contributed by atoms with Crippen molar-refractivity contribution in [3.63, 3.8) is 0 Å². The lowest BCUT2D eigenvalue weighted by Crippen LogP contribution is -1.79. The predicted octanol–water partition coefficient (Wildman–Crippen LogP) is 4.36. The Kier molecular flexibility index (Phi) is 6.90. The molecule has 0 spiro atoms. The Bertz CT molecular complexity index is 140. The monoisotopic (exact) mass is 214 g/mol. The van der Waals surface area contributed by atoms with Crippen LogP contribution in [0.4, 0.5) is 0 Å². The summed E-state index contributed by atoms with van der Waals surface area (Å²) < 4.78 is 11.3. The standard InChI is InChI=1S/C7H16ClOPS/c1-3-5-6-7-11-10(8,9)4-2/h3-7H2,1-2H3. The van der Waals surface area contributed by atoms with Gasteiger partial charge in [-0.15, -0.1) is 0 Å². The molecule has 11 heavy (non-hydrogen) atoms. The molecular weight excluding hydrogens is 199 g/mol. The smallest absolute Gasteiger partial charge is 0.221 e. The minimum absolute atomic E-state index is 0.603. The lowest BCUT2D eigenvalue weighted by molar-refractivity contribution is 0.593. The van der Waals surface area contributed by atoms with Crippen LogP contribution in [0.5, 0.6) is 0 Å². The van der Waals surface area contributed by atoms with Crippen molar-refractivity contribution in [2.24, 2.45) is 0 Å². The van der Waals surface area contributed by atoms with Gasteiger partial charge in [0.05, 0.1) is 0 Å². The van der Waals surface area contributed by atoms with Crippen molar-refractivity contribution in [1.82, 2.24) is 0 Å². The van der Waals surface area contributed by atoms with Crippen LogP contribution in [0.3, 0.4) is 0 Å². The van der Waals surface area contributed by atoms with Crippen molar-refractivity contribution < 1.29 is 4.57 Å². The van der Waals surface area contributed by atoms with Gasteiger partial charge in [0.25, 0.3) is 0 Å². The van der Waals surface area contributed by atoms with Crippen molar-refractivity contribution in [2.75, 3.05) is 11.9 Å². The first-order chi connectivity index (χ1) is 5.12. The summed E-state index contributed by atoms with van der Waals surface area (Å²) in [5.74, 6) is 0.947. The Morgan fingerprint density at radius 2 is 2.00 bits per heavy atom. The molecule has 0 rings (SSSR count). The zero-order chi connectivity index (χ0) is 8.74. The second kappa shape index (κ2) is 6.39. The molecule has 68 valence electrons. The number of rotatable bonds is 6. The first kappa shape index (κ1) is 11.9. The fourth-order valence-corrected chi connectivity index (χ4v) is 3.81. The van der Waals surface area contributed by atoms with E-state index in [2.05, 4.69) is 6.92 Å². The van der Waals surface area contributed by atoms with Gasteiger partial charge in [-0.3, -0.25) is 4.57 Å². The summed E-state index contributed by atoms with van der Waals surface area (Å²) in [5.41, 5.74) is -2.32. The largest absolute Gasteiger partial charge is 0.295 e. The highest BCUT2D eigenvalue weighted by molar-refractivity contribution is 8.65. The molecular formula is C7H16ClOPS. The van der Waals surface area contributed by atoms with Crippen molar-refractivity contribution >= 4 is 28.3 Å². The molecule has 0 bridgehead atoms. The molecule has 0 aliphatic heterocycles. The normalized spacial score (nSPS) is 16.3. The van der Waals surface area contributed by atoms with Crippen LogP contribution in [0, 0.1) is 0 Å². The molecule has 1 nitrogen and oxygen atoms in total. The maximum absolute atomic E-state index is 11.3. The minimum Gasteiger partial charge on any atom is -0.295 e. The molecule has 0 heterocycles. The Hall–Kier alpha value is 0.870. The topological polar surface area (TPSA) is 17.1 Å². The molecule has 0 aromatic heterocycles. The van der Waals surface area contributed by atoms with Gasteiger partial charge in [-0.2, -0.15) is 0 Å². The van der Waals surface area contributed by atoms with Gasteiger partial charge in [0.2, 0.25) is 5.70 Å². The van der Waals surface area contributed by atoms with Crippen LogP contribution in [0.15, 0.2) is 0 Å². The molecule has 0 aliphatic rings. The summed E-state index contributed by atoms with van der Waals surface area (Å²) >= 11 is 7.16. The average Bonchev–Trinajstić information content (AvgIpc) is 1.99. The summed E-state index contributed by atoms with van der Waals surface area (Å²) in [4.78, 5) is 0. The second-order valence-corrected chi connectivity index (χ2v) is 9.71. The predicted molar refractivity (Wildman–Crippen MR) is 56.0 cm³/mol. The van der Waals surface area contributed by atoms with Crippen LogP contribution in [0.25, 0.3) is 0 Å². The molecule has 0 amide bonds. The first-order valence-corrected chi connectivity index (χ1v) is 8.44. The molecule has 4 heteroatoms. The Morgan fingerprint density at radius 3 is 2.45 bits per heavy atom. The summed E-state index contributed by atoms with van der Waals surface area (Å²) in [6.07, 6.45) is 4.16. The van der Waals surface area contributed by atoms with Crippen LogP contribution < -0.4 is 0 Å². The van der Waals surface area contributed by atoms with Crippen molar-refractivity contribution in [1.29, 1.82) is 0 Å². The molecule has 0 aromatic carbocycles. The van der Waals surface area contributed by atoms with Crippen molar-refractivity contribution in [3.05, 3.63) is 0 Å². The molecule has 1 atom stereocenters. The number of halogens is 1. The number of hydrogen-bond donors (Lipinski definition) is 0. The molecule has 1 unspecified atom stereocenters. The zero-order valence-corrected chi connectivity index (χ0v) is 9.64. The van der Waals surface area contributed by atoms with E-state index in [0.29, 0.717) is 6.16 Å². The molecule has 0 saturated carbocycles. The van der Waals surface area contributed by atoms with E-state index < -0.39 is 5.70 Å². The Balaban J connectivity index is 3.31. The highest BCUT2D eigenvalue weighted by Crippen LogP contribution is 2.63. The van der Waals surface area contributed by atoms with E-state index in [1.54, 1.807) is 0 Å². The number of unbranched alkanes of at least 4 members (excludes halogenated alkanes) is 2. The minimum atomic E-state index is -2.32. The van der Waals surface area contributed by atoms with Gasteiger partial charge in [0.15, 0.2) is 0 Å². The van der Waals surface area contributed by atoms with E-state index in [-0.39, 0.29) is 0 Å². The van der Waals surface area contributed by atoms with Gasteiger partial charge >= 0.3 is 0 Å². The quantitative estimate of drug-likeness (QED) is 0.483. The van der Waals surface area contributed by atoms with Crippen LogP contribution in [0.1, 0.15) is 33.1 Å². The molecule has 0 saturated heterocycles.